The number of aliphatic hydroxyl groups is 2. The van der Waals surface area contributed by atoms with E-state index in [2.05, 4.69) is 4.74 Å². The second-order valence-electron chi connectivity index (χ2n) is 15.1. The molecule has 0 aromatic heterocycles. The molecule has 6 atom stereocenters. The molecule has 3 N–H and O–H groups in total. The van der Waals surface area contributed by atoms with Gasteiger partial charge in [0.15, 0.2) is 0 Å². The Morgan fingerprint density at radius 1 is 0.667 bits per heavy atom. The van der Waals surface area contributed by atoms with Crippen LogP contribution < -0.4 is 0 Å². The van der Waals surface area contributed by atoms with Gasteiger partial charge in [0.1, 0.15) is 17.7 Å². The second kappa shape index (κ2) is 18.5. The lowest BCUT2D eigenvalue weighted by Crippen LogP contribution is -2.48. The van der Waals surface area contributed by atoms with Gasteiger partial charge in [-0.2, -0.15) is 0 Å². The van der Waals surface area contributed by atoms with Gasteiger partial charge in [-0.15, -0.1) is 0 Å². The van der Waals surface area contributed by atoms with Crippen molar-refractivity contribution in [2.75, 3.05) is 27.3 Å². The number of carbonyl (C=O) groups is 6. The van der Waals surface area contributed by atoms with E-state index < -0.39 is 82.3 Å². The van der Waals surface area contributed by atoms with E-state index in [0.29, 0.717) is 0 Å². The Labute approximate surface area is 286 Å². The van der Waals surface area contributed by atoms with Gasteiger partial charge in [0.25, 0.3) is 0 Å². The molecule has 2 fully saturated rings. The first-order valence-corrected chi connectivity index (χ1v) is 15.4. The number of nitrogens with zero attached hydrogens (tertiary/aromatic N) is 2. The molecule has 0 bridgehead atoms. The Morgan fingerprint density at radius 3 is 1.27 bits per heavy atom. The van der Waals surface area contributed by atoms with Crippen molar-refractivity contribution < 1.29 is 58.3 Å². The molecule has 2 amide bonds. The van der Waals surface area contributed by atoms with Gasteiger partial charge in [0.2, 0.25) is 11.8 Å². The molecule has 48 heavy (non-hydrogen) atoms. The fraction of sp³-hybridized carbons (Fsp3) is 0.824. The summed E-state index contributed by atoms with van der Waals surface area (Å²) in [7, 11) is 2.46. The van der Waals surface area contributed by atoms with Crippen molar-refractivity contribution in [3.05, 3.63) is 0 Å². The van der Waals surface area contributed by atoms with E-state index in [0.717, 1.165) is 0 Å². The molecule has 2 aliphatic heterocycles. The van der Waals surface area contributed by atoms with Crippen molar-refractivity contribution in [2.45, 2.75) is 133 Å². The summed E-state index contributed by atoms with van der Waals surface area (Å²) in [5.74, 6) is -4.90. The minimum atomic E-state index is -1.07. The highest BCUT2D eigenvalue weighted by molar-refractivity contribution is 5.90. The molecule has 2 aliphatic rings. The molecule has 14 heteroatoms. The van der Waals surface area contributed by atoms with Gasteiger partial charge in [-0.1, -0.05) is 56.4 Å². The molecule has 0 saturated carbocycles. The van der Waals surface area contributed by atoms with Crippen LogP contribution in [0.15, 0.2) is 0 Å². The molecule has 0 aliphatic carbocycles. The molecule has 0 unspecified atom stereocenters. The molecule has 0 spiro atoms. The van der Waals surface area contributed by atoms with E-state index in [4.69, 9.17) is 14.6 Å². The number of rotatable bonds is 8. The summed E-state index contributed by atoms with van der Waals surface area (Å²) in [6.45, 7) is 16.3. The number of amides is 2. The van der Waals surface area contributed by atoms with Crippen molar-refractivity contribution in [3.8, 4) is 0 Å². The molecule has 0 radical (unpaired) electrons. The summed E-state index contributed by atoms with van der Waals surface area (Å²) >= 11 is 0. The number of carboxylic acids is 1. The van der Waals surface area contributed by atoms with Gasteiger partial charge < -0.3 is 39.3 Å². The lowest BCUT2D eigenvalue weighted by Gasteiger charge is -2.34. The summed E-state index contributed by atoms with van der Waals surface area (Å²) in [6, 6.07) is -1.67. The number of esters is 3. The van der Waals surface area contributed by atoms with Crippen molar-refractivity contribution in [2.24, 2.45) is 22.7 Å². The molecule has 14 nitrogen and oxygen atoms in total. The normalized spacial score (nSPS) is 22.1. The van der Waals surface area contributed by atoms with Crippen LogP contribution >= 0.6 is 0 Å². The maximum absolute atomic E-state index is 13.1. The fourth-order valence-corrected chi connectivity index (χ4v) is 5.49. The Hall–Kier alpha value is -3.26. The number of β-amino-alcohol motifs (C(OH)–C–C–N with tert-alkyl or cyclic N) is 2. The van der Waals surface area contributed by atoms with Crippen LogP contribution in [0.4, 0.5) is 0 Å². The number of carboxylic acid groups (broad SMARTS) is 1. The van der Waals surface area contributed by atoms with Crippen LogP contribution in [-0.4, -0.2) is 118 Å². The quantitative estimate of drug-likeness (QED) is 0.249. The van der Waals surface area contributed by atoms with E-state index in [1.807, 2.05) is 20.8 Å². The third-order valence-corrected chi connectivity index (χ3v) is 7.93. The van der Waals surface area contributed by atoms with Gasteiger partial charge in [-0.05, 0) is 31.6 Å². The van der Waals surface area contributed by atoms with Gasteiger partial charge >= 0.3 is 23.9 Å². The van der Waals surface area contributed by atoms with Crippen LogP contribution in [-0.2, 0) is 43.0 Å². The maximum atomic E-state index is 13.1. The molecular formula is C34H62N2O12. The lowest BCUT2D eigenvalue weighted by molar-refractivity contribution is -0.162. The average Bonchev–Trinajstić information content (AvgIpc) is 3.49. The first kappa shape index (κ1) is 46.9. The number of likely N-dealkylation sites (tertiary alicyclic amines) is 2. The van der Waals surface area contributed by atoms with E-state index in [9.17, 15) is 39.0 Å². The van der Waals surface area contributed by atoms with E-state index in [1.54, 1.807) is 41.5 Å². The van der Waals surface area contributed by atoms with Crippen LogP contribution in [0.1, 0.15) is 103 Å². The number of methoxy groups -OCH3 is 2. The van der Waals surface area contributed by atoms with E-state index >= 15 is 0 Å². The molecule has 0 aromatic rings. The first-order valence-electron chi connectivity index (χ1n) is 15.4. The highest BCUT2D eigenvalue weighted by atomic mass is 16.6. The van der Waals surface area contributed by atoms with Gasteiger partial charge in [0.05, 0.1) is 51.1 Å². The largest absolute Gasteiger partial charge is 0.481 e. The van der Waals surface area contributed by atoms with Crippen molar-refractivity contribution in [1.82, 2.24) is 9.80 Å². The Balaban J connectivity index is 0. The number of ether oxygens (including phenoxy) is 3. The van der Waals surface area contributed by atoms with Crippen LogP contribution in [0, 0.1) is 22.7 Å². The second-order valence-corrected chi connectivity index (χ2v) is 15.1. The summed E-state index contributed by atoms with van der Waals surface area (Å²) < 4.78 is 14.7. The number of carbonyl (C=O) groups excluding carboxylic acids is 5. The zero-order chi connectivity index (χ0) is 35.9. The SMILES string of the molecule is C.C.COC(=O)[C@@H]1C[C@@H](O)CN1C(=O)[C@@H](CC(=O)O)C(C)(C)C.COC(=O)[C@@H]1C[C@@H](O)CN1C(=O)[C@@H](CC(=O)OC(C)(C)C)C(C)(C)C. The molecule has 2 rings (SSSR count). The maximum Gasteiger partial charge on any atom is 0.328 e. The molecule has 2 saturated heterocycles. The van der Waals surface area contributed by atoms with Gasteiger partial charge in [-0.25, -0.2) is 9.59 Å². The van der Waals surface area contributed by atoms with Gasteiger partial charge in [0, 0.05) is 25.9 Å². The van der Waals surface area contributed by atoms with Crippen molar-refractivity contribution in [1.29, 1.82) is 0 Å². The molecule has 0 aromatic carbocycles. The third-order valence-electron chi connectivity index (χ3n) is 7.93. The average molecular weight is 691 g/mol. The Bertz CT molecular complexity index is 1120. The predicted molar refractivity (Wildman–Crippen MR) is 178 cm³/mol. The van der Waals surface area contributed by atoms with E-state index in [-0.39, 0.29) is 59.5 Å². The number of hydrogen-bond acceptors (Lipinski definition) is 11. The summed E-state index contributed by atoms with van der Waals surface area (Å²) in [6.07, 6.45) is -1.73. The smallest absolute Gasteiger partial charge is 0.328 e. The molecule has 280 valence electrons. The summed E-state index contributed by atoms with van der Waals surface area (Å²) in [5.41, 5.74) is -1.72. The van der Waals surface area contributed by atoms with Crippen LogP contribution in [0.2, 0.25) is 0 Å². The van der Waals surface area contributed by atoms with Crippen molar-refractivity contribution >= 4 is 35.7 Å². The highest BCUT2D eigenvalue weighted by Crippen LogP contribution is 2.35. The fourth-order valence-electron chi connectivity index (χ4n) is 5.49. The number of aliphatic hydroxyl groups excluding tert-OH is 2. The van der Waals surface area contributed by atoms with Crippen LogP contribution in [0.25, 0.3) is 0 Å². The summed E-state index contributed by atoms with van der Waals surface area (Å²) in [5, 5.41) is 28.6. The molecule has 2 heterocycles. The van der Waals surface area contributed by atoms with Gasteiger partial charge in [-0.3, -0.25) is 19.2 Å². The molecular weight excluding hydrogens is 628 g/mol. The van der Waals surface area contributed by atoms with Crippen LogP contribution in [0.5, 0.6) is 0 Å². The first-order chi connectivity index (χ1) is 20.8. The summed E-state index contributed by atoms with van der Waals surface area (Å²) in [4.78, 5) is 75.2. The minimum Gasteiger partial charge on any atom is -0.481 e. The number of hydrogen-bond donors (Lipinski definition) is 3. The van der Waals surface area contributed by atoms with Crippen LogP contribution in [0.3, 0.4) is 0 Å². The topological polar surface area (TPSA) is 197 Å². The minimum absolute atomic E-state index is 0. The predicted octanol–water partition coefficient (Wildman–Crippen LogP) is 3.05. The third kappa shape index (κ3) is 13.7. The monoisotopic (exact) mass is 690 g/mol. The zero-order valence-corrected chi connectivity index (χ0v) is 29.1. The van der Waals surface area contributed by atoms with E-state index in [1.165, 1.54) is 24.0 Å². The Kier molecular flexibility index (Phi) is 18.0. The number of aliphatic carboxylic acids is 1. The van der Waals surface area contributed by atoms with Crippen molar-refractivity contribution in [3.63, 3.8) is 0 Å². The zero-order valence-electron chi connectivity index (χ0n) is 29.1. The highest BCUT2D eigenvalue weighted by Gasteiger charge is 2.46. The Morgan fingerprint density at radius 2 is 1.00 bits per heavy atom. The standard InChI is InChI=1S/C18H31NO6.C14H23NO6.2CH4/c1-17(2,3)12(9-14(21)25-18(4,5)6)15(22)19-10-11(20)8-13(19)16(23)24-7;1-14(2,3)9(6-11(17)18)12(19)15-7-8(16)5-10(15)13(20)21-4;;/h11-13,20H,8-10H2,1-7H3;8-10,16H,5-7H2,1-4H3,(H,17,18);2*1H4/t11-,12-,13+;8-,9-,10+;;/m11../s1. The lowest BCUT2D eigenvalue weighted by atomic mass is 9.77.